The number of anilines is 1. The summed E-state index contributed by atoms with van der Waals surface area (Å²) in [6.45, 7) is 0.714. The van der Waals surface area contributed by atoms with E-state index in [-0.39, 0.29) is 5.82 Å². The Morgan fingerprint density at radius 3 is 3.12 bits per heavy atom. The first-order chi connectivity index (χ1) is 8.31. The van der Waals surface area contributed by atoms with Crippen molar-refractivity contribution in [2.24, 2.45) is 0 Å². The van der Waals surface area contributed by atoms with Crippen molar-refractivity contribution in [3.8, 4) is 0 Å². The van der Waals surface area contributed by atoms with E-state index in [1.54, 1.807) is 17.4 Å². The largest absolute Gasteiger partial charge is 0.352 e. The molecule has 0 aliphatic carbocycles. The van der Waals surface area contributed by atoms with Gasteiger partial charge in [0.05, 0.1) is 11.0 Å². The van der Waals surface area contributed by atoms with Crippen LogP contribution in [0, 0.1) is 5.82 Å². The first kappa shape index (κ1) is 10.3. The smallest absolute Gasteiger partial charge is 0.201 e. The summed E-state index contributed by atoms with van der Waals surface area (Å²) in [6.07, 6.45) is 0. The monoisotopic (exact) mass is 247 g/mol. The molecule has 3 rings (SSSR count). The van der Waals surface area contributed by atoms with Crippen LogP contribution < -0.4 is 5.32 Å². The molecule has 0 saturated carbocycles. The summed E-state index contributed by atoms with van der Waals surface area (Å²) >= 11 is 1.66. The zero-order valence-electron chi connectivity index (χ0n) is 8.90. The maximum Gasteiger partial charge on any atom is 0.201 e. The lowest BCUT2D eigenvalue weighted by atomic mass is 10.3. The number of nitrogens with zero attached hydrogens (tertiary/aromatic N) is 1. The number of benzene rings is 1. The number of hydrogen-bond donors (Lipinski definition) is 2. The summed E-state index contributed by atoms with van der Waals surface area (Å²) in [6, 6.07) is 6.57. The molecule has 86 valence electrons. The molecule has 17 heavy (non-hydrogen) atoms. The molecular formula is C12H10FN3S. The molecule has 3 aromatic rings. The number of thiophene rings is 1. The van der Waals surface area contributed by atoms with Crippen molar-refractivity contribution in [2.75, 3.05) is 5.32 Å². The van der Waals surface area contributed by atoms with E-state index in [1.807, 2.05) is 5.38 Å². The SMILES string of the molecule is Fc1ccc2nc(NCc3ccsc3)[nH]c2c1. The second-order valence-corrected chi connectivity index (χ2v) is 4.51. The normalized spacial score (nSPS) is 10.9. The summed E-state index contributed by atoms with van der Waals surface area (Å²) in [4.78, 5) is 7.36. The quantitative estimate of drug-likeness (QED) is 0.745. The average molecular weight is 247 g/mol. The Morgan fingerprint density at radius 1 is 1.35 bits per heavy atom. The summed E-state index contributed by atoms with van der Waals surface area (Å²) < 4.78 is 13.0. The fraction of sp³-hybridized carbons (Fsp3) is 0.0833. The van der Waals surface area contributed by atoms with Crippen LogP contribution in [0.3, 0.4) is 0 Å². The minimum absolute atomic E-state index is 0.259. The molecule has 0 bridgehead atoms. The van der Waals surface area contributed by atoms with Crippen LogP contribution in [0.5, 0.6) is 0 Å². The molecule has 0 spiro atoms. The second kappa shape index (κ2) is 4.18. The van der Waals surface area contributed by atoms with Crippen LogP contribution in [-0.4, -0.2) is 9.97 Å². The molecule has 0 atom stereocenters. The van der Waals surface area contributed by atoms with Crippen LogP contribution in [0.1, 0.15) is 5.56 Å². The third kappa shape index (κ3) is 2.14. The zero-order chi connectivity index (χ0) is 11.7. The van der Waals surface area contributed by atoms with Gasteiger partial charge in [0.25, 0.3) is 0 Å². The molecule has 0 amide bonds. The highest BCUT2D eigenvalue weighted by Crippen LogP contribution is 2.16. The van der Waals surface area contributed by atoms with Crippen molar-refractivity contribution in [3.05, 3.63) is 46.4 Å². The molecule has 1 aromatic carbocycles. The first-order valence-electron chi connectivity index (χ1n) is 5.21. The molecule has 0 fully saturated rings. The Kier molecular flexibility index (Phi) is 2.53. The van der Waals surface area contributed by atoms with Gasteiger partial charge in [-0.3, -0.25) is 0 Å². The van der Waals surface area contributed by atoms with Gasteiger partial charge in [-0.25, -0.2) is 9.37 Å². The molecule has 2 N–H and O–H groups in total. The fourth-order valence-corrected chi connectivity index (χ4v) is 2.31. The number of fused-ring (bicyclic) bond motifs is 1. The van der Waals surface area contributed by atoms with Crippen LogP contribution in [0.2, 0.25) is 0 Å². The van der Waals surface area contributed by atoms with Crippen LogP contribution in [0.4, 0.5) is 10.3 Å². The minimum Gasteiger partial charge on any atom is -0.352 e. The van der Waals surface area contributed by atoms with E-state index in [4.69, 9.17) is 0 Å². The Morgan fingerprint density at radius 2 is 2.29 bits per heavy atom. The van der Waals surface area contributed by atoms with Crippen molar-refractivity contribution >= 4 is 28.3 Å². The molecular weight excluding hydrogens is 237 g/mol. The van der Waals surface area contributed by atoms with Gasteiger partial charge < -0.3 is 10.3 Å². The number of H-pyrrole nitrogens is 1. The average Bonchev–Trinajstić information content (AvgIpc) is 2.94. The topological polar surface area (TPSA) is 40.7 Å². The van der Waals surface area contributed by atoms with Crippen LogP contribution in [0.15, 0.2) is 35.0 Å². The lowest BCUT2D eigenvalue weighted by Gasteiger charge is -1.98. The molecule has 0 radical (unpaired) electrons. The van der Waals surface area contributed by atoms with E-state index >= 15 is 0 Å². The van der Waals surface area contributed by atoms with Crippen molar-refractivity contribution in [1.29, 1.82) is 0 Å². The molecule has 2 heterocycles. The van der Waals surface area contributed by atoms with Gasteiger partial charge in [0.15, 0.2) is 0 Å². The highest BCUT2D eigenvalue weighted by molar-refractivity contribution is 7.07. The number of halogens is 1. The Bertz CT molecular complexity index is 630. The fourth-order valence-electron chi connectivity index (χ4n) is 1.64. The first-order valence-corrected chi connectivity index (χ1v) is 6.16. The van der Waals surface area contributed by atoms with E-state index in [0.29, 0.717) is 18.0 Å². The highest BCUT2D eigenvalue weighted by atomic mass is 32.1. The van der Waals surface area contributed by atoms with Crippen molar-refractivity contribution in [1.82, 2.24) is 9.97 Å². The van der Waals surface area contributed by atoms with Crippen LogP contribution in [0.25, 0.3) is 11.0 Å². The lowest BCUT2D eigenvalue weighted by Crippen LogP contribution is -1.99. The predicted molar refractivity (Wildman–Crippen MR) is 67.7 cm³/mol. The number of nitrogens with one attached hydrogen (secondary N) is 2. The number of hydrogen-bond acceptors (Lipinski definition) is 3. The molecule has 0 aliphatic rings. The standard InChI is InChI=1S/C12H10FN3S/c13-9-1-2-10-11(5-9)16-12(15-10)14-6-8-3-4-17-7-8/h1-5,7H,6H2,(H2,14,15,16). The van der Waals surface area contributed by atoms with E-state index in [9.17, 15) is 4.39 Å². The van der Waals surface area contributed by atoms with Gasteiger partial charge in [0.2, 0.25) is 5.95 Å². The van der Waals surface area contributed by atoms with Crippen LogP contribution in [-0.2, 0) is 6.54 Å². The van der Waals surface area contributed by atoms with Gasteiger partial charge in [-0.1, -0.05) is 0 Å². The maximum atomic E-state index is 13.0. The third-order valence-electron chi connectivity index (χ3n) is 2.48. The summed E-state index contributed by atoms with van der Waals surface area (Å²) in [5.74, 6) is 0.405. The maximum absolute atomic E-state index is 13.0. The second-order valence-electron chi connectivity index (χ2n) is 3.73. The van der Waals surface area contributed by atoms with Crippen molar-refractivity contribution < 1.29 is 4.39 Å². The lowest BCUT2D eigenvalue weighted by molar-refractivity contribution is 0.629. The summed E-state index contributed by atoms with van der Waals surface area (Å²) in [5, 5.41) is 7.28. The number of rotatable bonds is 3. The molecule has 0 unspecified atom stereocenters. The minimum atomic E-state index is -0.259. The van der Waals surface area contributed by atoms with Gasteiger partial charge in [-0.05, 0) is 40.6 Å². The van der Waals surface area contributed by atoms with E-state index in [1.165, 1.54) is 17.7 Å². The van der Waals surface area contributed by atoms with Gasteiger partial charge in [0, 0.05) is 6.54 Å². The van der Waals surface area contributed by atoms with Gasteiger partial charge in [0.1, 0.15) is 5.82 Å². The van der Waals surface area contributed by atoms with E-state index in [0.717, 1.165) is 5.52 Å². The Balaban J connectivity index is 1.81. The molecule has 3 nitrogen and oxygen atoms in total. The van der Waals surface area contributed by atoms with Gasteiger partial charge in [-0.2, -0.15) is 11.3 Å². The van der Waals surface area contributed by atoms with E-state index < -0.39 is 0 Å². The third-order valence-corrected chi connectivity index (χ3v) is 3.22. The number of aromatic amines is 1. The number of imidazole rings is 1. The molecule has 0 saturated heterocycles. The number of aromatic nitrogens is 2. The Hall–Kier alpha value is -1.88. The van der Waals surface area contributed by atoms with Gasteiger partial charge in [-0.15, -0.1) is 0 Å². The highest BCUT2D eigenvalue weighted by Gasteiger charge is 2.03. The molecule has 5 heteroatoms. The van der Waals surface area contributed by atoms with Crippen molar-refractivity contribution in [3.63, 3.8) is 0 Å². The van der Waals surface area contributed by atoms with Crippen LogP contribution >= 0.6 is 11.3 Å². The van der Waals surface area contributed by atoms with E-state index in [2.05, 4.69) is 26.7 Å². The Labute approximate surface area is 101 Å². The summed E-state index contributed by atoms with van der Waals surface area (Å²) in [5.41, 5.74) is 2.68. The predicted octanol–water partition coefficient (Wildman–Crippen LogP) is 3.38. The molecule has 2 aromatic heterocycles. The van der Waals surface area contributed by atoms with Gasteiger partial charge >= 0.3 is 0 Å². The molecule has 0 aliphatic heterocycles. The zero-order valence-corrected chi connectivity index (χ0v) is 9.72. The summed E-state index contributed by atoms with van der Waals surface area (Å²) in [7, 11) is 0. The van der Waals surface area contributed by atoms with Crippen molar-refractivity contribution in [2.45, 2.75) is 6.54 Å².